The van der Waals surface area contributed by atoms with E-state index in [2.05, 4.69) is 12.2 Å². The fraction of sp³-hybridized carbons (Fsp3) is 0.533. The zero-order chi connectivity index (χ0) is 15.1. The van der Waals surface area contributed by atoms with Crippen LogP contribution >= 0.6 is 0 Å². The summed E-state index contributed by atoms with van der Waals surface area (Å²) in [6.45, 7) is 4.07. The van der Waals surface area contributed by atoms with Gasteiger partial charge in [-0.3, -0.25) is 5.32 Å². The summed E-state index contributed by atoms with van der Waals surface area (Å²) >= 11 is 0. The highest BCUT2D eigenvalue weighted by atomic mass is 16.5. The third-order valence-corrected chi connectivity index (χ3v) is 3.21. The van der Waals surface area contributed by atoms with E-state index in [1.165, 1.54) is 7.11 Å². The molecule has 1 aromatic rings. The van der Waals surface area contributed by atoms with Gasteiger partial charge in [0.15, 0.2) is 0 Å². The van der Waals surface area contributed by atoms with Crippen molar-refractivity contribution in [1.29, 1.82) is 0 Å². The normalized spacial score (nSPS) is 13.4. The molecule has 0 aliphatic heterocycles. The Morgan fingerprint density at radius 1 is 1.15 bits per heavy atom. The predicted molar refractivity (Wildman–Crippen MR) is 77.2 cm³/mol. The third kappa shape index (κ3) is 4.13. The molecular weight excluding hydrogens is 258 g/mol. The van der Waals surface area contributed by atoms with Crippen LogP contribution in [0.15, 0.2) is 18.2 Å². The van der Waals surface area contributed by atoms with Crippen molar-refractivity contribution in [2.45, 2.75) is 32.4 Å². The molecular formula is C15H23NO4. The zero-order valence-electron chi connectivity index (χ0n) is 12.7. The first-order valence-corrected chi connectivity index (χ1v) is 6.62. The number of nitrogens with one attached hydrogen (secondary N) is 1. The van der Waals surface area contributed by atoms with Crippen LogP contribution in [0.5, 0.6) is 11.5 Å². The number of esters is 1. The highest BCUT2D eigenvalue weighted by molar-refractivity contribution is 5.78. The standard InChI is InChI=1S/C15H23NO4/c1-6-10(2)16-14(15(17)20-5)11-7-12(18-3)9-13(8-11)19-4/h7-10,14,16H,6H2,1-5H3. The molecule has 0 amide bonds. The first kappa shape index (κ1) is 16.3. The van der Waals surface area contributed by atoms with Gasteiger partial charge in [-0.25, -0.2) is 4.79 Å². The molecule has 2 atom stereocenters. The fourth-order valence-electron chi connectivity index (χ4n) is 1.82. The molecule has 5 heteroatoms. The van der Waals surface area contributed by atoms with E-state index in [-0.39, 0.29) is 12.0 Å². The van der Waals surface area contributed by atoms with Gasteiger partial charge in [-0.1, -0.05) is 6.92 Å². The molecule has 0 aliphatic carbocycles. The van der Waals surface area contributed by atoms with Gasteiger partial charge in [-0.05, 0) is 31.0 Å². The van der Waals surface area contributed by atoms with Crippen LogP contribution in [0.2, 0.25) is 0 Å². The monoisotopic (exact) mass is 281 g/mol. The van der Waals surface area contributed by atoms with Crippen LogP contribution in [0, 0.1) is 0 Å². The van der Waals surface area contributed by atoms with Crippen molar-refractivity contribution in [2.75, 3.05) is 21.3 Å². The lowest BCUT2D eigenvalue weighted by molar-refractivity contribution is -0.143. The number of hydrogen-bond acceptors (Lipinski definition) is 5. The highest BCUT2D eigenvalue weighted by Gasteiger charge is 2.24. The molecule has 0 aliphatic rings. The van der Waals surface area contributed by atoms with Gasteiger partial charge >= 0.3 is 5.97 Å². The topological polar surface area (TPSA) is 56.8 Å². The number of methoxy groups -OCH3 is 3. The second-order valence-electron chi connectivity index (χ2n) is 4.58. The minimum atomic E-state index is -0.543. The lowest BCUT2D eigenvalue weighted by Crippen LogP contribution is -2.35. The second-order valence-corrected chi connectivity index (χ2v) is 4.58. The molecule has 0 spiro atoms. The molecule has 1 rings (SSSR count). The van der Waals surface area contributed by atoms with Gasteiger partial charge in [0.2, 0.25) is 0 Å². The quantitative estimate of drug-likeness (QED) is 0.777. The molecule has 0 saturated heterocycles. The molecule has 0 fully saturated rings. The number of rotatable bonds is 7. The van der Waals surface area contributed by atoms with Crippen LogP contribution < -0.4 is 14.8 Å². The molecule has 0 saturated carbocycles. The van der Waals surface area contributed by atoms with E-state index in [1.54, 1.807) is 32.4 Å². The molecule has 0 bridgehead atoms. The minimum Gasteiger partial charge on any atom is -0.497 e. The first-order valence-electron chi connectivity index (χ1n) is 6.62. The van der Waals surface area contributed by atoms with E-state index >= 15 is 0 Å². The van der Waals surface area contributed by atoms with E-state index in [4.69, 9.17) is 14.2 Å². The van der Waals surface area contributed by atoms with Gasteiger partial charge in [-0.2, -0.15) is 0 Å². The van der Waals surface area contributed by atoms with E-state index < -0.39 is 6.04 Å². The highest BCUT2D eigenvalue weighted by Crippen LogP contribution is 2.27. The fourth-order valence-corrected chi connectivity index (χ4v) is 1.82. The number of carbonyl (C=O) groups excluding carboxylic acids is 1. The minimum absolute atomic E-state index is 0.191. The van der Waals surface area contributed by atoms with Gasteiger partial charge in [0, 0.05) is 12.1 Å². The van der Waals surface area contributed by atoms with Crippen molar-refractivity contribution in [3.05, 3.63) is 23.8 Å². The summed E-state index contributed by atoms with van der Waals surface area (Å²) in [4.78, 5) is 12.0. The lowest BCUT2D eigenvalue weighted by atomic mass is 10.0. The number of benzene rings is 1. The summed E-state index contributed by atoms with van der Waals surface area (Å²) < 4.78 is 15.3. The summed E-state index contributed by atoms with van der Waals surface area (Å²) in [7, 11) is 4.53. The van der Waals surface area contributed by atoms with Gasteiger partial charge in [0.05, 0.1) is 21.3 Å². The molecule has 0 radical (unpaired) electrons. The van der Waals surface area contributed by atoms with E-state index in [0.29, 0.717) is 11.5 Å². The molecule has 20 heavy (non-hydrogen) atoms. The molecule has 0 heterocycles. The summed E-state index contributed by atoms with van der Waals surface area (Å²) in [5.74, 6) is 0.944. The van der Waals surface area contributed by atoms with Crippen molar-refractivity contribution in [1.82, 2.24) is 5.32 Å². The first-order chi connectivity index (χ1) is 9.55. The number of carbonyl (C=O) groups is 1. The summed E-state index contributed by atoms with van der Waals surface area (Å²) in [6.07, 6.45) is 0.911. The Bertz CT molecular complexity index is 425. The Hall–Kier alpha value is -1.75. The van der Waals surface area contributed by atoms with E-state index in [1.807, 2.05) is 6.92 Å². The van der Waals surface area contributed by atoms with Crippen LogP contribution in [0.3, 0.4) is 0 Å². The summed E-state index contributed by atoms with van der Waals surface area (Å²) in [5, 5.41) is 3.25. The maximum atomic E-state index is 12.0. The average Bonchev–Trinajstić information content (AvgIpc) is 2.50. The summed E-state index contributed by atoms with van der Waals surface area (Å²) in [5.41, 5.74) is 0.758. The van der Waals surface area contributed by atoms with Crippen LogP contribution in [0.4, 0.5) is 0 Å². The van der Waals surface area contributed by atoms with Crippen molar-refractivity contribution in [3.63, 3.8) is 0 Å². The third-order valence-electron chi connectivity index (χ3n) is 3.21. The van der Waals surface area contributed by atoms with Gasteiger partial charge < -0.3 is 14.2 Å². The molecule has 112 valence electrons. The van der Waals surface area contributed by atoms with E-state index in [0.717, 1.165) is 12.0 Å². The number of ether oxygens (including phenoxy) is 3. The van der Waals surface area contributed by atoms with Crippen molar-refractivity contribution in [3.8, 4) is 11.5 Å². The lowest BCUT2D eigenvalue weighted by Gasteiger charge is -2.22. The Morgan fingerprint density at radius 3 is 2.10 bits per heavy atom. The smallest absolute Gasteiger partial charge is 0.327 e. The predicted octanol–water partition coefficient (Wildman–Crippen LogP) is 2.31. The van der Waals surface area contributed by atoms with Gasteiger partial charge in [0.25, 0.3) is 0 Å². The zero-order valence-corrected chi connectivity index (χ0v) is 12.7. The Balaban J connectivity index is 3.14. The van der Waals surface area contributed by atoms with Crippen LogP contribution in [0.1, 0.15) is 31.9 Å². The number of hydrogen-bond donors (Lipinski definition) is 1. The van der Waals surface area contributed by atoms with Crippen molar-refractivity contribution >= 4 is 5.97 Å². The maximum absolute atomic E-state index is 12.0. The van der Waals surface area contributed by atoms with Crippen LogP contribution in [-0.4, -0.2) is 33.3 Å². The largest absolute Gasteiger partial charge is 0.497 e. The van der Waals surface area contributed by atoms with Crippen LogP contribution in [-0.2, 0) is 9.53 Å². The van der Waals surface area contributed by atoms with Crippen molar-refractivity contribution in [2.24, 2.45) is 0 Å². The molecule has 0 aromatic heterocycles. The molecule has 2 unspecified atom stereocenters. The van der Waals surface area contributed by atoms with Crippen molar-refractivity contribution < 1.29 is 19.0 Å². The maximum Gasteiger partial charge on any atom is 0.327 e. The summed E-state index contributed by atoms with van der Waals surface area (Å²) in [6, 6.07) is 5.02. The second kappa shape index (κ2) is 7.75. The van der Waals surface area contributed by atoms with Gasteiger partial charge in [0.1, 0.15) is 17.5 Å². The Morgan fingerprint density at radius 2 is 1.70 bits per heavy atom. The van der Waals surface area contributed by atoms with E-state index in [9.17, 15) is 4.79 Å². The Labute approximate surface area is 120 Å². The molecule has 1 aromatic carbocycles. The SMILES string of the molecule is CCC(C)NC(C(=O)OC)c1cc(OC)cc(OC)c1. The van der Waals surface area contributed by atoms with Gasteiger partial charge in [-0.15, -0.1) is 0 Å². The average molecular weight is 281 g/mol. The molecule has 5 nitrogen and oxygen atoms in total. The molecule has 1 N–H and O–H groups in total. The Kier molecular flexibility index (Phi) is 6.31. The van der Waals surface area contributed by atoms with Crippen LogP contribution in [0.25, 0.3) is 0 Å².